The van der Waals surface area contributed by atoms with Gasteiger partial charge in [0, 0.05) is 18.0 Å². The molecule has 37 heavy (non-hydrogen) atoms. The zero-order valence-corrected chi connectivity index (χ0v) is 22.2. The van der Waals surface area contributed by atoms with Crippen molar-refractivity contribution in [3.8, 4) is 11.5 Å². The van der Waals surface area contributed by atoms with E-state index in [0.717, 1.165) is 11.1 Å². The number of amides is 2. The predicted molar refractivity (Wildman–Crippen MR) is 143 cm³/mol. The monoisotopic (exact) mass is 522 g/mol. The van der Waals surface area contributed by atoms with Crippen LogP contribution in [0.5, 0.6) is 11.5 Å². The molecule has 0 saturated heterocycles. The summed E-state index contributed by atoms with van der Waals surface area (Å²) in [5.74, 6) is -0.884. The molecule has 0 aromatic heterocycles. The molecular formula is C29H31ClN2O5. The SMILES string of the molecule is CCC1(Oc2cccc(CNC(=O)OC(C)(C)C)c2)Oc2ccccc2N(Cc2cccc(Cl)c2)C1=O. The van der Waals surface area contributed by atoms with Crippen LogP contribution in [0.25, 0.3) is 0 Å². The number of ether oxygens (including phenoxy) is 3. The van der Waals surface area contributed by atoms with Gasteiger partial charge in [-0.2, -0.15) is 0 Å². The van der Waals surface area contributed by atoms with Crippen LogP contribution in [0.15, 0.2) is 72.8 Å². The summed E-state index contributed by atoms with van der Waals surface area (Å²) in [6.07, 6.45) is -0.241. The van der Waals surface area contributed by atoms with Crippen LogP contribution in [0.2, 0.25) is 5.02 Å². The van der Waals surface area contributed by atoms with Gasteiger partial charge in [-0.1, -0.05) is 54.9 Å². The summed E-state index contributed by atoms with van der Waals surface area (Å²) in [4.78, 5) is 27.7. The second-order valence-corrected chi connectivity index (χ2v) is 10.2. The third-order valence-electron chi connectivity index (χ3n) is 5.71. The van der Waals surface area contributed by atoms with Gasteiger partial charge in [-0.25, -0.2) is 4.79 Å². The molecule has 1 aliphatic heterocycles. The number of benzene rings is 3. The second kappa shape index (κ2) is 10.7. The maximum atomic E-state index is 13.9. The van der Waals surface area contributed by atoms with Crippen molar-refractivity contribution >= 4 is 29.3 Å². The fraction of sp³-hybridized carbons (Fsp3) is 0.310. The van der Waals surface area contributed by atoms with Crippen LogP contribution in [0.1, 0.15) is 45.2 Å². The molecule has 0 bridgehead atoms. The van der Waals surface area contributed by atoms with Crippen LogP contribution >= 0.6 is 11.6 Å². The minimum absolute atomic E-state index is 0.240. The van der Waals surface area contributed by atoms with E-state index < -0.39 is 17.5 Å². The number of hydrogen-bond acceptors (Lipinski definition) is 5. The number of nitrogens with zero attached hydrogens (tertiary/aromatic N) is 1. The molecule has 8 heteroatoms. The molecule has 194 valence electrons. The molecule has 7 nitrogen and oxygen atoms in total. The molecule has 1 aliphatic rings. The molecule has 0 fully saturated rings. The minimum atomic E-state index is -1.57. The van der Waals surface area contributed by atoms with Gasteiger partial charge in [-0.15, -0.1) is 0 Å². The van der Waals surface area contributed by atoms with Crippen molar-refractivity contribution < 1.29 is 23.8 Å². The van der Waals surface area contributed by atoms with Gasteiger partial charge in [0.15, 0.2) is 0 Å². The number of para-hydroxylation sites is 2. The summed E-state index contributed by atoms with van der Waals surface area (Å²) in [5, 5.41) is 3.34. The normalized spacial score (nSPS) is 17.0. The molecule has 1 N–H and O–H groups in total. The van der Waals surface area contributed by atoms with Crippen molar-refractivity contribution in [1.82, 2.24) is 5.32 Å². The first-order valence-electron chi connectivity index (χ1n) is 12.2. The second-order valence-electron chi connectivity index (χ2n) is 9.80. The molecule has 0 radical (unpaired) electrons. The quantitative estimate of drug-likeness (QED) is 0.384. The van der Waals surface area contributed by atoms with E-state index in [0.29, 0.717) is 28.8 Å². The highest BCUT2D eigenvalue weighted by molar-refractivity contribution is 6.30. The van der Waals surface area contributed by atoms with E-state index in [1.165, 1.54) is 0 Å². The van der Waals surface area contributed by atoms with Crippen LogP contribution in [0, 0.1) is 0 Å². The Morgan fingerprint density at radius 2 is 1.76 bits per heavy atom. The van der Waals surface area contributed by atoms with Crippen LogP contribution in [-0.2, 0) is 22.6 Å². The molecule has 1 atom stereocenters. The summed E-state index contributed by atoms with van der Waals surface area (Å²) in [5.41, 5.74) is 1.75. The number of alkyl carbamates (subject to hydrolysis) is 1. The van der Waals surface area contributed by atoms with Crippen LogP contribution in [-0.4, -0.2) is 23.4 Å². The van der Waals surface area contributed by atoms with Gasteiger partial charge in [0.2, 0.25) is 0 Å². The highest BCUT2D eigenvalue weighted by Crippen LogP contribution is 2.41. The maximum Gasteiger partial charge on any atom is 0.407 e. The number of carbonyl (C=O) groups is 2. The van der Waals surface area contributed by atoms with Crippen LogP contribution in [0.4, 0.5) is 10.5 Å². The summed E-state index contributed by atoms with van der Waals surface area (Å²) in [6, 6.07) is 22.0. The minimum Gasteiger partial charge on any atom is -0.444 e. The molecule has 4 rings (SSSR count). The number of anilines is 1. The Kier molecular flexibility index (Phi) is 7.64. The Hall–Kier alpha value is -3.71. The van der Waals surface area contributed by atoms with E-state index in [9.17, 15) is 9.59 Å². The van der Waals surface area contributed by atoms with Gasteiger partial charge < -0.3 is 19.5 Å². The molecule has 1 heterocycles. The third kappa shape index (κ3) is 6.35. The zero-order chi connectivity index (χ0) is 26.6. The lowest BCUT2D eigenvalue weighted by atomic mass is 10.1. The molecule has 1 unspecified atom stereocenters. The number of hydrogen-bond donors (Lipinski definition) is 1. The van der Waals surface area contributed by atoms with Gasteiger partial charge in [-0.05, 0) is 68.3 Å². The highest BCUT2D eigenvalue weighted by Gasteiger charge is 2.50. The molecule has 0 aliphatic carbocycles. The Morgan fingerprint density at radius 1 is 1.03 bits per heavy atom. The van der Waals surface area contributed by atoms with Crippen molar-refractivity contribution in [2.75, 3.05) is 4.90 Å². The van der Waals surface area contributed by atoms with E-state index >= 15 is 0 Å². The van der Waals surface area contributed by atoms with Gasteiger partial charge in [-0.3, -0.25) is 9.69 Å². The van der Waals surface area contributed by atoms with E-state index in [1.807, 2.05) is 55.5 Å². The highest BCUT2D eigenvalue weighted by atomic mass is 35.5. The Balaban J connectivity index is 1.58. The summed E-state index contributed by atoms with van der Waals surface area (Å²) < 4.78 is 17.8. The van der Waals surface area contributed by atoms with E-state index in [1.54, 1.807) is 49.9 Å². The molecule has 0 saturated carbocycles. The lowest BCUT2D eigenvalue weighted by Crippen LogP contribution is -2.59. The summed E-state index contributed by atoms with van der Waals surface area (Å²) in [7, 11) is 0. The lowest BCUT2D eigenvalue weighted by Gasteiger charge is -2.41. The van der Waals surface area contributed by atoms with Crippen molar-refractivity contribution in [2.45, 2.75) is 58.6 Å². The summed E-state index contributed by atoms with van der Waals surface area (Å²) >= 11 is 6.19. The van der Waals surface area contributed by atoms with E-state index in [4.69, 9.17) is 25.8 Å². The smallest absolute Gasteiger partial charge is 0.407 e. The van der Waals surface area contributed by atoms with Crippen molar-refractivity contribution in [2.24, 2.45) is 0 Å². The number of fused-ring (bicyclic) bond motifs is 1. The fourth-order valence-corrected chi connectivity index (χ4v) is 4.25. The number of carbonyl (C=O) groups excluding carboxylic acids is 2. The molecule has 3 aromatic rings. The first-order valence-corrected chi connectivity index (χ1v) is 12.6. The van der Waals surface area contributed by atoms with Crippen molar-refractivity contribution in [3.63, 3.8) is 0 Å². The Morgan fingerprint density at radius 3 is 2.49 bits per heavy atom. The maximum absolute atomic E-state index is 13.9. The van der Waals surface area contributed by atoms with E-state index in [2.05, 4.69) is 5.32 Å². The predicted octanol–water partition coefficient (Wildman–Crippen LogP) is 6.48. The van der Waals surface area contributed by atoms with Crippen molar-refractivity contribution in [1.29, 1.82) is 0 Å². The Labute approximate surface area is 222 Å². The van der Waals surface area contributed by atoms with Crippen LogP contribution in [0.3, 0.4) is 0 Å². The van der Waals surface area contributed by atoms with E-state index in [-0.39, 0.29) is 18.9 Å². The summed E-state index contributed by atoms with van der Waals surface area (Å²) in [6.45, 7) is 7.81. The number of rotatable bonds is 7. The lowest BCUT2D eigenvalue weighted by molar-refractivity contribution is -0.167. The molecule has 0 spiro atoms. The molecule has 2 amide bonds. The van der Waals surface area contributed by atoms with Gasteiger partial charge in [0.05, 0.1) is 12.2 Å². The van der Waals surface area contributed by atoms with Gasteiger partial charge >= 0.3 is 17.8 Å². The Bertz CT molecular complexity index is 1290. The van der Waals surface area contributed by atoms with Gasteiger partial charge in [0.1, 0.15) is 17.1 Å². The number of halogens is 1. The third-order valence-corrected chi connectivity index (χ3v) is 5.95. The first kappa shape index (κ1) is 26.4. The van der Waals surface area contributed by atoms with Crippen LogP contribution < -0.4 is 19.7 Å². The topological polar surface area (TPSA) is 77.1 Å². The first-order chi connectivity index (χ1) is 17.6. The average Bonchev–Trinajstić information content (AvgIpc) is 2.84. The zero-order valence-electron chi connectivity index (χ0n) is 21.4. The standard InChI is InChI=1S/C29H31ClN2O5/c1-5-29(35-23-13-9-10-20(17-23)18-31-27(34)37-28(2,3)4)26(33)32(19-21-11-8-12-22(30)16-21)24-14-6-7-15-25(24)36-29/h6-17H,5,18-19H2,1-4H3,(H,31,34). The average molecular weight is 523 g/mol. The van der Waals surface area contributed by atoms with Gasteiger partial charge in [0.25, 0.3) is 0 Å². The number of nitrogens with one attached hydrogen (secondary N) is 1. The molecular weight excluding hydrogens is 492 g/mol. The van der Waals surface area contributed by atoms with Crippen molar-refractivity contribution in [3.05, 3.63) is 88.9 Å². The largest absolute Gasteiger partial charge is 0.444 e. The molecule has 3 aromatic carbocycles. The fourth-order valence-electron chi connectivity index (χ4n) is 4.04.